The van der Waals surface area contributed by atoms with E-state index in [1.807, 2.05) is 49.4 Å². The Morgan fingerprint density at radius 2 is 1.76 bits per heavy atom. The van der Waals surface area contributed by atoms with E-state index in [-0.39, 0.29) is 18.0 Å². The number of para-hydroxylation sites is 1. The van der Waals surface area contributed by atoms with Gasteiger partial charge in [-0.3, -0.25) is 9.59 Å². The van der Waals surface area contributed by atoms with Crippen LogP contribution in [0.25, 0.3) is 21.7 Å². The molecule has 0 aliphatic rings. The Morgan fingerprint density at radius 1 is 1.07 bits per heavy atom. The molecule has 0 atom stereocenters. The number of nitrogens with zero attached hydrogens (tertiary/aromatic N) is 2. The Kier molecular flexibility index (Phi) is 4.99. The molecule has 6 heteroatoms. The quantitative estimate of drug-likeness (QED) is 0.566. The molecule has 0 spiro atoms. The summed E-state index contributed by atoms with van der Waals surface area (Å²) in [5.41, 5.74) is 0.881. The van der Waals surface area contributed by atoms with E-state index in [0.717, 1.165) is 10.8 Å². The van der Waals surface area contributed by atoms with Crippen molar-refractivity contribution in [3.63, 3.8) is 0 Å². The molecule has 0 saturated heterocycles. The van der Waals surface area contributed by atoms with Crippen molar-refractivity contribution >= 4 is 27.6 Å². The van der Waals surface area contributed by atoms with Gasteiger partial charge in [0.2, 0.25) is 0 Å². The van der Waals surface area contributed by atoms with Crippen LogP contribution < -0.4 is 10.3 Å². The normalized spacial score (nSPS) is 11.0. The highest BCUT2D eigenvalue weighted by Gasteiger charge is 2.20. The number of fused-ring (bicyclic) bond motifs is 2. The van der Waals surface area contributed by atoms with Crippen molar-refractivity contribution in [1.29, 1.82) is 0 Å². The molecule has 29 heavy (non-hydrogen) atoms. The number of aromatic nitrogens is 2. The second-order valence-corrected chi connectivity index (χ2v) is 6.75. The van der Waals surface area contributed by atoms with Crippen LogP contribution in [0.2, 0.25) is 0 Å². The molecule has 0 bridgehead atoms. The summed E-state index contributed by atoms with van der Waals surface area (Å²) in [5, 5.41) is 2.50. The maximum atomic E-state index is 13.3. The molecule has 0 aliphatic heterocycles. The van der Waals surface area contributed by atoms with Gasteiger partial charge in [0.1, 0.15) is 11.6 Å². The minimum absolute atomic E-state index is 0.175. The zero-order valence-corrected chi connectivity index (χ0v) is 16.3. The summed E-state index contributed by atoms with van der Waals surface area (Å²) >= 11 is 0. The fourth-order valence-electron chi connectivity index (χ4n) is 3.44. The van der Waals surface area contributed by atoms with Crippen LogP contribution in [0.5, 0.6) is 5.75 Å². The van der Waals surface area contributed by atoms with Crippen LogP contribution in [0.15, 0.2) is 65.5 Å². The minimum atomic E-state index is -0.211. The average Bonchev–Trinajstić information content (AvgIpc) is 2.76. The lowest BCUT2D eigenvalue weighted by Crippen LogP contribution is -2.32. The average molecular weight is 387 g/mol. The highest BCUT2D eigenvalue weighted by Crippen LogP contribution is 2.27. The lowest BCUT2D eigenvalue weighted by molar-refractivity contribution is 0.0745. The number of benzene rings is 3. The van der Waals surface area contributed by atoms with Gasteiger partial charge in [-0.25, -0.2) is 4.98 Å². The van der Waals surface area contributed by atoms with Crippen LogP contribution in [0, 0.1) is 0 Å². The van der Waals surface area contributed by atoms with Crippen molar-refractivity contribution in [3.8, 4) is 5.75 Å². The van der Waals surface area contributed by atoms with Crippen molar-refractivity contribution in [2.45, 2.75) is 13.5 Å². The van der Waals surface area contributed by atoms with Crippen LogP contribution in [-0.2, 0) is 6.54 Å². The monoisotopic (exact) mass is 387 g/mol. The van der Waals surface area contributed by atoms with E-state index in [9.17, 15) is 9.59 Å². The molecular formula is C23H21N3O3. The molecule has 3 aromatic carbocycles. The molecule has 146 valence electrons. The lowest BCUT2D eigenvalue weighted by atomic mass is 10.0. The van der Waals surface area contributed by atoms with Crippen molar-refractivity contribution in [2.24, 2.45) is 0 Å². The van der Waals surface area contributed by atoms with Gasteiger partial charge in [0.15, 0.2) is 0 Å². The zero-order valence-electron chi connectivity index (χ0n) is 16.3. The first kappa shape index (κ1) is 18.7. The molecule has 1 aromatic heterocycles. The molecule has 6 nitrogen and oxygen atoms in total. The molecule has 1 amide bonds. The number of H-pyrrole nitrogens is 1. The molecule has 0 unspecified atom stereocenters. The van der Waals surface area contributed by atoms with Crippen molar-refractivity contribution in [1.82, 2.24) is 14.9 Å². The van der Waals surface area contributed by atoms with Crippen molar-refractivity contribution in [3.05, 3.63) is 82.4 Å². The Labute approximate surface area is 167 Å². The second-order valence-electron chi connectivity index (χ2n) is 6.75. The Hall–Kier alpha value is -3.67. The fourth-order valence-corrected chi connectivity index (χ4v) is 3.44. The number of nitrogens with one attached hydrogen (secondary N) is 1. The smallest absolute Gasteiger partial charge is 0.258 e. The summed E-state index contributed by atoms with van der Waals surface area (Å²) < 4.78 is 5.48. The van der Waals surface area contributed by atoms with Gasteiger partial charge in [0, 0.05) is 6.54 Å². The van der Waals surface area contributed by atoms with Gasteiger partial charge < -0.3 is 14.6 Å². The summed E-state index contributed by atoms with van der Waals surface area (Å²) in [7, 11) is 1.56. The standard InChI is InChI=1S/C23H21N3O3/c1-3-26(14-21-24-19-11-7-6-10-17(19)22(27)25-21)23(28)18-12-15-8-4-5-9-16(15)13-20(18)29-2/h4-13H,3,14H2,1-2H3,(H,24,25,27). The van der Waals surface area contributed by atoms with Gasteiger partial charge in [0.25, 0.3) is 11.5 Å². The SMILES string of the molecule is CCN(Cc1nc2ccccc2c(=O)[nH]1)C(=O)c1cc2ccccc2cc1OC. The number of carbonyl (C=O) groups excluding carboxylic acids is 1. The van der Waals surface area contributed by atoms with E-state index in [1.165, 1.54) is 0 Å². The fraction of sp³-hybridized carbons (Fsp3) is 0.174. The molecular weight excluding hydrogens is 366 g/mol. The van der Waals surface area contributed by atoms with Crippen molar-refractivity contribution < 1.29 is 9.53 Å². The Bertz CT molecular complexity index is 1260. The number of hydrogen-bond donors (Lipinski definition) is 1. The van der Waals surface area contributed by atoms with Gasteiger partial charge >= 0.3 is 0 Å². The van der Waals surface area contributed by atoms with E-state index in [0.29, 0.717) is 34.6 Å². The van der Waals surface area contributed by atoms with E-state index >= 15 is 0 Å². The van der Waals surface area contributed by atoms with E-state index in [2.05, 4.69) is 9.97 Å². The minimum Gasteiger partial charge on any atom is -0.496 e. The second kappa shape index (κ2) is 7.75. The number of methoxy groups -OCH3 is 1. The zero-order chi connectivity index (χ0) is 20.4. The van der Waals surface area contributed by atoms with Crippen LogP contribution in [0.4, 0.5) is 0 Å². The molecule has 1 heterocycles. The number of hydrogen-bond acceptors (Lipinski definition) is 4. The molecule has 0 saturated carbocycles. The third-order valence-electron chi connectivity index (χ3n) is 4.97. The first-order valence-corrected chi connectivity index (χ1v) is 9.44. The number of rotatable bonds is 5. The van der Waals surface area contributed by atoms with E-state index in [4.69, 9.17) is 4.74 Å². The third-order valence-corrected chi connectivity index (χ3v) is 4.97. The summed E-state index contributed by atoms with van der Waals surface area (Å²) in [6.07, 6.45) is 0. The molecule has 4 aromatic rings. The Balaban J connectivity index is 1.70. The van der Waals surface area contributed by atoms with Crippen LogP contribution in [0.1, 0.15) is 23.1 Å². The summed E-state index contributed by atoms with van der Waals surface area (Å²) in [6.45, 7) is 2.56. The lowest BCUT2D eigenvalue weighted by Gasteiger charge is -2.22. The highest BCUT2D eigenvalue weighted by molar-refractivity contribution is 6.01. The maximum Gasteiger partial charge on any atom is 0.258 e. The number of amides is 1. The van der Waals surface area contributed by atoms with Gasteiger partial charge in [-0.05, 0) is 42.0 Å². The molecule has 1 N–H and O–H groups in total. The van der Waals surface area contributed by atoms with Crippen LogP contribution in [0.3, 0.4) is 0 Å². The highest BCUT2D eigenvalue weighted by atomic mass is 16.5. The van der Waals surface area contributed by atoms with Gasteiger partial charge in [0.05, 0.1) is 30.1 Å². The van der Waals surface area contributed by atoms with E-state index in [1.54, 1.807) is 30.2 Å². The summed E-state index contributed by atoms with van der Waals surface area (Å²) in [6, 6.07) is 18.7. The first-order chi connectivity index (χ1) is 14.1. The number of carbonyl (C=O) groups is 1. The first-order valence-electron chi connectivity index (χ1n) is 9.44. The topological polar surface area (TPSA) is 75.3 Å². The van der Waals surface area contributed by atoms with Gasteiger partial charge in [-0.1, -0.05) is 36.4 Å². The molecule has 0 fully saturated rings. The number of aromatic amines is 1. The third kappa shape index (κ3) is 3.57. The van der Waals surface area contributed by atoms with E-state index < -0.39 is 0 Å². The predicted molar refractivity (Wildman–Crippen MR) is 113 cm³/mol. The Morgan fingerprint density at radius 3 is 2.48 bits per heavy atom. The van der Waals surface area contributed by atoms with Gasteiger partial charge in [-0.15, -0.1) is 0 Å². The van der Waals surface area contributed by atoms with Gasteiger partial charge in [-0.2, -0.15) is 0 Å². The maximum absolute atomic E-state index is 13.3. The largest absolute Gasteiger partial charge is 0.496 e. The van der Waals surface area contributed by atoms with Crippen LogP contribution >= 0.6 is 0 Å². The number of ether oxygens (including phenoxy) is 1. The van der Waals surface area contributed by atoms with Crippen LogP contribution in [-0.4, -0.2) is 34.4 Å². The summed E-state index contributed by atoms with van der Waals surface area (Å²) in [5.74, 6) is 0.793. The molecule has 0 radical (unpaired) electrons. The predicted octanol–water partition coefficient (Wildman–Crippen LogP) is 3.75. The van der Waals surface area contributed by atoms with Crippen molar-refractivity contribution in [2.75, 3.05) is 13.7 Å². The molecule has 0 aliphatic carbocycles. The summed E-state index contributed by atoms with van der Waals surface area (Å²) in [4.78, 5) is 34.6. The molecule has 4 rings (SSSR count).